The van der Waals surface area contributed by atoms with Crippen molar-refractivity contribution < 1.29 is 32.9 Å². The van der Waals surface area contributed by atoms with Crippen LogP contribution in [-0.2, 0) is 18.4 Å². The van der Waals surface area contributed by atoms with E-state index < -0.39 is 20.0 Å². The van der Waals surface area contributed by atoms with Gasteiger partial charge in [-0.05, 0) is 44.9 Å². The summed E-state index contributed by atoms with van der Waals surface area (Å²) in [6.07, 6.45) is 26.7. The predicted octanol–water partition coefficient (Wildman–Crippen LogP) is 7.23. The molecule has 3 N–H and O–H groups in total. The molecule has 9 heteroatoms. The van der Waals surface area contributed by atoms with Crippen molar-refractivity contribution in [3.63, 3.8) is 0 Å². The van der Waals surface area contributed by atoms with Gasteiger partial charge in [0.05, 0.1) is 39.9 Å². The van der Waals surface area contributed by atoms with Crippen LogP contribution >= 0.6 is 7.82 Å². The van der Waals surface area contributed by atoms with Gasteiger partial charge in [-0.1, -0.05) is 95.2 Å². The lowest BCUT2D eigenvalue weighted by atomic mass is 10.1. The minimum absolute atomic E-state index is 0.0565. The van der Waals surface area contributed by atoms with Gasteiger partial charge in [-0.3, -0.25) is 13.8 Å². The van der Waals surface area contributed by atoms with Gasteiger partial charge in [-0.25, -0.2) is 4.57 Å². The fourth-order valence-corrected chi connectivity index (χ4v) is 4.67. The third kappa shape index (κ3) is 27.3. The molecule has 0 aliphatic carbocycles. The summed E-state index contributed by atoms with van der Waals surface area (Å²) in [6.45, 7) is 4.60. The van der Waals surface area contributed by atoms with Gasteiger partial charge in [0.15, 0.2) is 0 Å². The average molecular weight is 602 g/mol. The first kappa shape index (κ1) is 39.7. The van der Waals surface area contributed by atoms with Crippen molar-refractivity contribution in [3.05, 3.63) is 36.5 Å². The number of nitrogens with one attached hydrogen (secondary N) is 1. The number of phosphoric ester groups is 1. The molecule has 3 atom stereocenters. The van der Waals surface area contributed by atoms with Gasteiger partial charge in [0.25, 0.3) is 0 Å². The highest BCUT2D eigenvalue weighted by molar-refractivity contribution is 7.47. The molecule has 0 aliphatic rings. The van der Waals surface area contributed by atoms with Gasteiger partial charge in [0.2, 0.25) is 5.91 Å². The number of phosphoric acid groups is 1. The number of aliphatic hydroxyl groups is 1. The van der Waals surface area contributed by atoms with Crippen LogP contribution in [-0.4, -0.2) is 73.4 Å². The highest BCUT2D eigenvalue weighted by atomic mass is 31.2. The summed E-state index contributed by atoms with van der Waals surface area (Å²) >= 11 is 0. The fourth-order valence-electron chi connectivity index (χ4n) is 3.94. The standard InChI is InChI=1S/C32H61N2O6P/c1-6-8-10-12-13-14-15-16-17-18-19-20-22-24-26-32(36)33-30(31(35)25-23-21-11-9-7-2)29-40-41(37,38)39-28-27-34(3,4)5/h12-13,15-16,23,25,30-31,35H,6-11,14,17-22,24,26-29H2,1-5H3,(H-,33,36,37,38)/p+1/b13-12-,16-15-,25-23+. The third-order valence-electron chi connectivity index (χ3n) is 6.60. The molecule has 0 saturated heterocycles. The smallest absolute Gasteiger partial charge is 0.387 e. The monoisotopic (exact) mass is 601 g/mol. The fraction of sp³-hybridized carbons (Fsp3) is 0.781. The molecular formula is C32H62N2O6P+. The number of unbranched alkanes of at least 4 members (excludes halogenated alkanes) is 10. The van der Waals surface area contributed by atoms with Crippen LogP contribution in [0.1, 0.15) is 110 Å². The predicted molar refractivity (Wildman–Crippen MR) is 171 cm³/mol. The Balaban J connectivity index is 4.49. The maximum Gasteiger partial charge on any atom is 0.472 e. The normalized spacial score (nSPS) is 15.6. The van der Waals surface area contributed by atoms with E-state index in [1.54, 1.807) is 6.08 Å². The zero-order chi connectivity index (χ0) is 30.8. The number of hydrogen-bond acceptors (Lipinski definition) is 5. The Morgan fingerprint density at radius 3 is 2.07 bits per heavy atom. The largest absolute Gasteiger partial charge is 0.472 e. The number of carbonyl (C=O) groups excluding carboxylic acids is 1. The molecule has 0 aliphatic heterocycles. The maximum atomic E-state index is 12.6. The van der Waals surface area contributed by atoms with Crippen molar-refractivity contribution in [1.82, 2.24) is 5.32 Å². The number of quaternary nitrogens is 1. The van der Waals surface area contributed by atoms with E-state index in [0.29, 0.717) is 17.4 Å². The average Bonchev–Trinajstić information content (AvgIpc) is 2.90. The van der Waals surface area contributed by atoms with Crippen LogP contribution in [0.2, 0.25) is 0 Å². The first-order valence-electron chi connectivity index (χ1n) is 15.9. The first-order chi connectivity index (χ1) is 19.5. The topological polar surface area (TPSA) is 105 Å². The highest BCUT2D eigenvalue weighted by Crippen LogP contribution is 2.43. The summed E-state index contributed by atoms with van der Waals surface area (Å²) in [5.74, 6) is -0.203. The van der Waals surface area contributed by atoms with Crippen molar-refractivity contribution in [2.45, 2.75) is 122 Å². The SMILES string of the molecule is CCCC/C=C\C/C=C\CCCCCCCC(=O)NC(COP(=O)(O)OCC[N+](C)(C)C)C(O)/C=C/CCCCC. The lowest BCUT2D eigenvalue weighted by Crippen LogP contribution is -2.45. The Hall–Kier alpha value is -1.28. The van der Waals surface area contributed by atoms with Crippen LogP contribution in [0.3, 0.4) is 0 Å². The molecule has 41 heavy (non-hydrogen) atoms. The molecule has 0 saturated carbocycles. The second-order valence-electron chi connectivity index (χ2n) is 11.8. The molecule has 0 aromatic heterocycles. The quantitative estimate of drug-likeness (QED) is 0.0397. The molecule has 1 amide bonds. The van der Waals surface area contributed by atoms with E-state index in [-0.39, 0.29) is 19.1 Å². The lowest BCUT2D eigenvalue weighted by molar-refractivity contribution is -0.870. The zero-order valence-corrected chi connectivity index (χ0v) is 27.7. The van der Waals surface area contributed by atoms with Crippen LogP contribution in [0.15, 0.2) is 36.5 Å². The van der Waals surface area contributed by atoms with E-state index in [0.717, 1.165) is 70.6 Å². The molecule has 0 fully saturated rings. The van der Waals surface area contributed by atoms with Crippen molar-refractivity contribution >= 4 is 13.7 Å². The van der Waals surface area contributed by atoms with Gasteiger partial charge in [-0.2, -0.15) is 0 Å². The lowest BCUT2D eigenvalue weighted by Gasteiger charge is -2.25. The molecule has 0 bridgehead atoms. The van der Waals surface area contributed by atoms with E-state index in [9.17, 15) is 19.4 Å². The Morgan fingerprint density at radius 2 is 1.41 bits per heavy atom. The summed E-state index contributed by atoms with van der Waals surface area (Å²) in [5, 5.41) is 13.5. The number of aliphatic hydroxyl groups excluding tert-OH is 1. The number of hydrogen-bond donors (Lipinski definition) is 3. The molecule has 0 aromatic carbocycles. The van der Waals surface area contributed by atoms with Crippen molar-refractivity contribution in [2.75, 3.05) is 40.9 Å². The van der Waals surface area contributed by atoms with Crippen LogP contribution in [0, 0.1) is 0 Å². The zero-order valence-electron chi connectivity index (χ0n) is 26.8. The Morgan fingerprint density at radius 1 is 0.829 bits per heavy atom. The molecule has 240 valence electrons. The van der Waals surface area contributed by atoms with Gasteiger partial charge < -0.3 is 19.8 Å². The molecule has 0 spiro atoms. The molecule has 0 radical (unpaired) electrons. The van der Waals surface area contributed by atoms with E-state index >= 15 is 0 Å². The summed E-state index contributed by atoms with van der Waals surface area (Å²) in [7, 11) is 1.55. The molecular weight excluding hydrogens is 539 g/mol. The van der Waals surface area contributed by atoms with Gasteiger partial charge in [0, 0.05) is 6.42 Å². The van der Waals surface area contributed by atoms with Crippen LogP contribution in [0.25, 0.3) is 0 Å². The summed E-state index contributed by atoms with van der Waals surface area (Å²) < 4.78 is 23.2. The minimum Gasteiger partial charge on any atom is -0.387 e. The number of carbonyl (C=O) groups is 1. The Bertz CT molecular complexity index is 779. The van der Waals surface area contributed by atoms with Crippen molar-refractivity contribution in [2.24, 2.45) is 0 Å². The van der Waals surface area contributed by atoms with Gasteiger partial charge in [-0.15, -0.1) is 0 Å². The molecule has 0 aromatic rings. The number of allylic oxidation sites excluding steroid dienone is 5. The minimum atomic E-state index is -4.31. The van der Waals surface area contributed by atoms with Crippen LogP contribution in [0.5, 0.6) is 0 Å². The number of rotatable bonds is 27. The Labute approximate surface area is 251 Å². The molecule has 8 nitrogen and oxygen atoms in total. The molecule has 0 heterocycles. The molecule has 0 rings (SSSR count). The maximum absolute atomic E-state index is 12.6. The Kier molecular flexibility index (Phi) is 24.5. The summed E-state index contributed by atoms with van der Waals surface area (Å²) in [6, 6.07) is -0.847. The van der Waals surface area contributed by atoms with Crippen LogP contribution in [0.4, 0.5) is 0 Å². The van der Waals surface area contributed by atoms with E-state index in [2.05, 4.69) is 43.5 Å². The third-order valence-corrected chi connectivity index (χ3v) is 7.59. The summed E-state index contributed by atoms with van der Waals surface area (Å²) in [4.78, 5) is 22.7. The molecule has 3 unspecified atom stereocenters. The van der Waals surface area contributed by atoms with E-state index in [1.807, 2.05) is 27.2 Å². The van der Waals surface area contributed by atoms with Crippen LogP contribution < -0.4 is 5.32 Å². The highest BCUT2D eigenvalue weighted by Gasteiger charge is 2.27. The van der Waals surface area contributed by atoms with Gasteiger partial charge in [0.1, 0.15) is 13.2 Å². The van der Waals surface area contributed by atoms with E-state index in [4.69, 9.17) is 9.05 Å². The number of likely N-dealkylation sites (N-methyl/N-ethyl adjacent to an activating group) is 1. The van der Waals surface area contributed by atoms with Crippen molar-refractivity contribution in [1.29, 1.82) is 0 Å². The second-order valence-corrected chi connectivity index (χ2v) is 13.3. The second kappa shape index (κ2) is 25.2. The number of nitrogens with zero attached hydrogens (tertiary/aromatic N) is 1. The summed E-state index contributed by atoms with van der Waals surface area (Å²) in [5.41, 5.74) is 0. The van der Waals surface area contributed by atoms with Gasteiger partial charge >= 0.3 is 7.82 Å². The van der Waals surface area contributed by atoms with Crippen molar-refractivity contribution in [3.8, 4) is 0 Å². The van der Waals surface area contributed by atoms with E-state index in [1.165, 1.54) is 19.3 Å². The number of amides is 1. The first-order valence-corrected chi connectivity index (χ1v) is 17.4.